The maximum absolute atomic E-state index is 3.59. The maximum Gasteiger partial charge on any atom is 0.00683 e. The molecule has 2 atom stereocenters. The molecule has 1 aliphatic heterocycles. The van der Waals surface area contributed by atoms with Crippen molar-refractivity contribution in [1.29, 1.82) is 0 Å². The van der Waals surface area contributed by atoms with Gasteiger partial charge in [-0.2, -0.15) is 0 Å². The van der Waals surface area contributed by atoms with Gasteiger partial charge in [-0.1, -0.05) is 6.92 Å². The molecule has 2 nitrogen and oxygen atoms in total. The summed E-state index contributed by atoms with van der Waals surface area (Å²) in [4.78, 5) is 0. The molecule has 1 aliphatic carbocycles. The molecule has 1 heterocycles. The molecule has 1 saturated carbocycles. The van der Waals surface area contributed by atoms with Crippen LogP contribution in [0.1, 0.15) is 19.8 Å². The van der Waals surface area contributed by atoms with Gasteiger partial charge in [0, 0.05) is 6.04 Å². The second-order valence-electron chi connectivity index (χ2n) is 4.08. The lowest BCUT2D eigenvalue weighted by Gasteiger charge is -2.14. The first-order chi connectivity index (χ1) is 5.36. The summed E-state index contributed by atoms with van der Waals surface area (Å²) in [6.45, 7) is 6.02. The smallest absolute Gasteiger partial charge is 0.00683 e. The van der Waals surface area contributed by atoms with E-state index in [1.54, 1.807) is 0 Å². The Kier molecular flexibility index (Phi) is 2.14. The molecule has 0 amide bonds. The molecule has 64 valence electrons. The molecule has 2 N–H and O–H groups in total. The van der Waals surface area contributed by atoms with Gasteiger partial charge >= 0.3 is 0 Å². The predicted octanol–water partition coefficient (Wildman–Crippen LogP) is 0.594. The Balaban J connectivity index is 1.67. The molecule has 0 aromatic rings. The van der Waals surface area contributed by atoms with E-state index >= 15 is 0 Å². The highest BCUT2D eigenvalue weighted by Crippen LogP contribution is 2.21. The van der Waals surface area contributed by atoms with E-state index in [9.17, 15) is 0 Å². The third-order valence-corrected chi connectivity index (χ3v) is 2.92. The lowest BCUT2D eigenvalue weighted by atomic mass is 9.98. The lowest BCUT2D eigenvalue weighted by Crippen LogP contribution is -2.28. The van der Waals surface area contributed by atoms with Crippen molar-refractivity contribution in [3.63, 3.8) is 0 Å². The van der Waals surface area contributed by atoms with E-state index in [-0.39, 0.29) is 0 Å². The highest BCUT2D eigenvalue weighted by Gasteiger charge is 2.26. The van der Waals surface area contributed by atoms with Gasteiger partial charge in [-0.3, -0.25) is 0 Å². The van der Waals surface area contributed by atoms with E-state index in [1.165, 1.54) is 32.5 Å². The molecule has 0 radical (unpaired) electrons. The van der Waals surface area contributed by atoms with E-state index in [2.05, 4.69) is 17.6 Å². The van der Waals surface area contributed by atoms with E-state index in [0.717, 1.165) is 17.9 Å². The number of hydrogen-bond donors (Lipinski definition) is 2. The Morgan fingerprint density at radius 1 is 1.36 bits per heavy atom. The molecule has 0 aromatic carbocycles. The van der Waals surface area contributed by atoms with E-state index < -0.39 is 0 Å². The zero-order chi connectivity index (χ0) is 7.68. The first-order valence-corrected chi connectivity index (χ1v) is 4.80. The van der Waals surface area contributed by atoms with E-state index in [4.69, 9.17) is 0 Å². The van der Waals surface area contributed by atoms with E-state index in [0.29, 0.717) is 0 Å². The Morgan fingerprint density at radius 2 is 2.18 bits per heavy atom. The molecule has 2 rings (SSSR count). The van der Waals surface area contributed by atoms with Gasteiger partial charge < -0.3 is 10.6 Å². The van der Waals surface area contributed by atoms with Crippen LogP contribution in [0.4, 0.5) is 0 Å². The minimum atomic E-state index is 0.876. The molecule has 2 fully saturated rings. The number of rotatable bonds is 3. The standard InChI is InChI=1S/C9H18N2/c1-7-4-10-5-8(7)6-11-9-2-3-9/h7-11H,2-6H2,1H3/t7-,8+/m1/s1. The van der Waals surface area contributed by atoms with Gasteiger partial charge in [-0.25, -0.2) is 0 Å². The fourth-order valence-electron chi connectivity index (χ4n) is 1.74. The lowest BCUT2D eigenvalue weighted by molar-refractivity contribution is 0.419. The molecule has 2 aliphatic rings. The zero-order valence-electron chi connectivity index (χ0n) is 7.27. The Bertz CT molecular complexity index is 132. The highest BCUT2D eigenvalue weighted by atomic mass is 15.0. The van der Waals surface area contributed by atoms with Crippen LogP contribution in [-0.4, -0.2) is 25.7 Å². The molecule has 11 heavy (non-hydrogen) atoms. The van der Waals surface area contributed by atoms with Crippen molar-refractivity contribution in [1.82, 2.24) is 10.6 Å². The fraction of sp³-hybridized carbons (Fsp3) is 1.00. The fourth-order valence-corrected chi connectivity index (χ4v) is 1.74. The van der Waals surface area contributed by atoms with Gasteiger partial charge in [0.1, 0.15) is 0 Å². The first-order valence-electron chi connectivity index (χ1n) is 4.80. The van der Waals surface area contributed by atoms with Crippen LogP contribution in [0.5, 0.6) is 0 Å². The minimum absolute atomic E-state index is 0.876. The van der Waals surface area contributed by atoms with Crippen molar-refractivity contribution >= 4 is 0 Å². The third-order valence-electron chi connectivity index (χ3n) is 2.92. The number of nitrogens with one attached hydrogen (secondary N) is 2. The van der Waals surface area contributed by atoms with Crippen LogP contribution in [0.15, 0.2) is 0 Å². The van der Waals surface area contributed by atoms with Crippen molar-refractivity contribution in [2.24, 2.45) is 11.8 Å². The van der Waals surface area contributed by atoms with Gasteiger partial charge in [0.25, 0.3) is 0 Å². The van der Waals surface area contributed by atoms with Crippen molar-refractivity contribution < 1.29 is 0 Å². The van der Waals surface area contributed by atoms with Gasteiger partial charge in [0.15, 0.2) is 0 Å². The number of hydrogen-bond acceptors (Lipinski definition) is 2. The Morgan fingerprint density at radius 3 is 2.73 bits per heavy atom. The van der Waals surface area contributed by atoms with Crippen molar-refractivity contribution in [3.05, 3.63) is 0 Å². The SMILES string of the molecule is C[C@@H]1CNC[C@H]1CNC1CC1. The van der Waals surface area contributed by atoms with Crippen LogP contribution in [-0.2, 0) is 0 Å². The Labute approximate surface area is 68.7 Å². The summed E-state index contributed by atoms with van der Waals surface area (Å²) in [5.74, 6) is 1.76. The zero-order valence-corrected chi connectivity index (χ0v) is 7.27. The van der Waals surface area contributed by atoms with E-state index in [1.807, 2.05) is 0 Å². The van der Waals surface area contributed by atoms with Crippen LogP contribution in [0.3, 0.4) is 0 Å². The van der Waals surface area contributed by atoms with Crippen molar-refractivity contribution in [2.75, 3.05) is 19.6 Å². The van der Waals surface area contributed by atoms with Crippen LogP contribution < -0.4 is 10.6 Å². The summed E-state index contributed by atoms with van der Waals surface area (Å²) in [5, 5.41) is 7.02. The van der Waals surface area contributed by atoms with Crippen LogP contribution >= 0.6 is 0 Å². The topological polar surface area (TPSA) is 24.1 Å². The predicted molar refractivity (Wildman–Crippen MR) is 46.5 cm³/mol. The normalized spacial score (nSPS) is 37.9. The summed E-state index contributed by atoms with van der Waals surface area (Å²) in [6, 6.07) is 0.878. The third kappa shape index (κ3) is 1.94. The molecule has 0 bridgehead atoms. The monoisotopic (exact) mass is 154 g/mol. The summed E-state index contributed by atoms with van der Waals surface area (Å²) in [7, 11) is 0. The first kappa shape index (κ1) is 7.56. The average molecular weight is 154 g/mol. The van der Waals surface area contributed by atoms with Gasteiger partial charge in [-0.05, 0) is 44.3 Å². The van der Waals surface area contributed by atoms with Crippen molar-refractivity contribution in [2.45, 2.75) is 25.8 Å². The van der Waals surface area contributed by atoms with Crippen LogP contribution in [0, 0.1) is 11.8 Å². The van der Waals surface area contributed by atoms with Crippen LogP contribution in [0.25, 0.3) is 0 Å². The largest absolute Gasteiger partial charge is 0.316 e. The summed E-state index contributed by atoms with van der Waals surface area (Å²) >= 11 is 0. The molecule has 0 spiro atoms. The molecular weight excluding hydrogens is 136 g/mol. The minimum Gasteiger partial charge on any atom is -0.316 e. The maximum atomic E-state index is 3.59. The molecular formula is C9H18N2. The van der Waals surface area contributed by atoms with Gasteiger partial charge in [0.2, 0.25) is 0 Å². The second-order valence-corrected chi connectivity index (χ2v) is 4.08. The summed E-state index contributed by atoms with van der Waals surface area (Å²) in [5.41, 5.74) is 0. The highest BCUT2D eigenvalue weighted by molar-refractivity contribution is 4.85. The molecule has 0 aromatic heterocycles. The van der Waals surface area contributed by atoms with Crippen molar-refractivity contribution in [3.8, 4) is 0 Å². The van der Waals surface area contributed by atoms with Gasteiger partial charge in [0.05, 0.1) is 0 Å². The molecule has 0 unspecified atom stereocenters. The summed E-state index contributed by atoms with van der Waals surface area (Å²) < 4.78 is 0. The summed E-state index contributed by atoms with van der Waals surface area (Å²) in [6.07, 6.45) is 2.82. The molecule has 1 saturated heterocycles. The quantitative estimate of drug-likeness (QED) is 0.622. The van der Waals surface area contributed by atoms with Crippen LogP contribution in [0.2, 0.25) is 0 Å². The van der Waals surface area contributed by atoms with Gasteiger partial charge in [-0.15, -0.1) is 0 Å². The molecule has 2 heteroatoms. The second kappa shape index (κ2) is 3.11. The Hall–Kier alpha value is -0.0800. The average Bonchev–Trinajstić information content (AvgIpc) is 2.73.